The molecule has 0 aromatic carbocycles. The van der Waals surface area contributed by atoms with Gasteiger partial charge < -0.3 is 4.57 Å². The number of rotatable bonds is 3. The van der Waals surface area contributed by atoms with Crippen LogP contribution in [0.4, 0.5) is 13.2 Å². The number of nitrogens with zero attached hydrogens (tertiary/aromatic N) is 1. The second-order valence-electron chi connectivity index (χ2n) is 4.36. The van der Waals surface area contributed by atoms with Gasteiger partial charge >= 0.3 is 5.51 Å². The van der Waals surface area contributed by atoms with E-state index in [1.54, 1.807) is 10.8 Å². The van der Waals surface area contributed by atoms with Crippen molar-refractivity contribution in [3.8, 4) is 0 Å². The zero-order chi connectivity index (χ0) is 13.2. The molecule has 100 valence electrons. The van der Waals surface area contributed by atoms with Crippen LogP contribution in [0.15, 0.2) is 12.4 Å². The number of hydrogen-bond donors (Lipinski definition) is 0. The fourth-order valence-electron chi connectivity index (χ4n) is 2.14. The molecule has 0 atom stereocenters. The molecule has 2 nitrogen and oxygen atoms in total. The van der Waals surface area contributed by atoms with Crippen molar-refractivity contribution in [1.82, 2.24) is 4.57 Å². The topological polar surface area (TPSA) is 22.0 Å². The van der Waals surface area contributed by atoms with Crippen molar-refractivity contribution >= 4 is 17.5 Å². The number of carbonyl (C=O) groups is 1. The van der Waals surface area contributed by atoms with E-state index in [1.807, 2.05) is 6.20 Å². The van der Waals surface area contributed by atoms with Gasteiger partial charge in [0.25, 0.3) is 0 Å². The summed E-state index contributed by atoms with van der Waals surface area (Å²) < 4.78 is 37.7. The minimum atomic E-state index is -4.18. The first-order chi connectivity index (χ1) is 8.46. The first kappa shape index (κ1) is 13.5. The Morgan fingerprint density at radius 3 is 2.67 bits per heavy atom. The van der Waals surface area contributed by atoms with Crippen molar-refractivity contribution in [2.24, 2.45) is 0 Å². The van der Waals surface area contributed by atoms with Crippen LogP contribution in [-0.2, 0) is 13.0 Å². The number of alkyl halides is 3. The molecule has 0 amide bonds. The molecule has 2 rings (SSSR count). The Hall–Kier alpha value is -0.910. The highest BCUT2D eigenvalue weighted by molar-refractivity contribution is 8.00. The molecule has 1 aromatic rings. The van der Waals surface area contributed by atoms with Gasteiger partial charge in [0.05, 0.1) is 0 Å². The summed E-state index contributed by atoms with van der Waals surface area (Å²) in [6.07, 6.45) is 6.78. The molecular formula is C12H14F3NOS. The minimum absolute atomic E-state index is 0.0226. The molecule has 1 aliphatic carbocycles. The number of ketones is 1. The van der Waals surface area contributed by atoms with Crippen molar-refractivity contribution < 1.29 is 18.0 Å². The Bertz CT molecular complexity index is 439. The molecule has 0 N–H and O–H groups in total. The number of thioether (sulfide) groups is 1. The SMILES string of the molecule is O=C1CCCCc2cn(CCSC(F)(F)F)cc21. The molecule has 6 heteroatoms. The average Bonchev–Trinajstić information content (AvgIpc) is 2.58. The number of aryl methyl sites for hydroxylation is 2. The summed E-state index contributed by atoms with van der Waals surface area (Å²) in [4.78, 5) is 11.8. The predicted octanol–water partition coefficient (Wildman–Crippen LogP) is 3.65. The number of aromatic nitrogens is 1. The fourth-order valence-corrected chi connectivity index (χ4v) is 2.67. The van der Waals surface area contributed by atoms with Crippen LogP contribution in [0.25, 0.3) is 0 Å². The Balaban J connectivity index is 1.99. The summed E-state index contributed by atoms with van der Waals surface area (Å²) in [7, 11) is 0. The van der Waals surface area contributed by atoms with E-state index >= 15 is 0 Å². The molecule has 0 aliphatic heterocycles. The molecule has 0 fully saturated rings. The number of fused-ring (bicyclic) bond motifs is 1. The Morgan fingerprint density at radius 1 is 1.22 bits per heavy atom. The smallest absolute Gasteiger partial charge is 0.352 e. The van der Waals surface area contributed by atoms with Crippen molar-refractivity contribution in [3.05, 3.63) is 23.5 Å². The van der Waals surface area contributed by atoms with Gasteiger partial charge in [-0.25, -0.2) is 0 Å². The maximum Gasteiger partial charge on any atom is 0.441 e. The van der Waals surface area contributed by atoms with Crippen LogP contribution in [0.3, 0.4) is 0 Å². The van der Waals surface area contributed by atoms with Gasteiger partial charge in [-0.2, -0.15) is 13.2 Å². The first-order valence-electron chi connectivity index (χ1n) is 5.88. The summed E-state index contributed by atoms with van der Waals surface area (Å²) >= 11 is -0.0265. The van der Waals surface area contributed by atoms with Crippen LogP contribution in [0, 0.1) is 0 Å². The van der Waals surface area contributed by atoms with Gasteiger partial charge in [-0.3, -0.25) is 4.79 Å². The molecule has 18 heavy (non-hydrogen) atoms. The molecule has 0 bridgehead atoms. The maximum absolute atomic E-state index is 12.0. The van der Waals surface area contributed by atoms with Crippen molar-refractivity contribution in [3.63, 3.8) is 0 Å². The standard InChI is InChI=1S/C12H14F3NOS/c13-12(14,15)18-6-5-16-7-9-3-1-2-4-11(17)10(9)8-16/h7-8H,1-6H2. The fraction of sp³-hybridized carbons (Fsp3) is 0.583. The lowest BCUT2D eigenvalue weighted by molar-refractivity contribution is -0.0328. The van der Waals surface area contributed by atoms with Gasteiger partial charge in [-0.05, 0) is 36.6 Å². The van der Waals surface area contributed by atoms with E-state index < -0.39 is 5.51 Å². The number of halogens is 3. The zero-order valence-electron chi connectivity index (χ0n) is 9.79. The zero-order valence-corrected chi connectivity index (χ0v) is 10.6. The molecule has 0 saturated carbocycles. The summed E-state index contributed by atoms with van der Waals surface area (Å²) in [5.74, 6) is 0.0929. The van der Waals surface area contributed by atoms with Gasteiger partial charge in [0.2, 0.25) is 0 Å². The molecule has 1 aromatic heterocycles. The summed E-state index contributed by atoms with van der Waals surface area (Å²) in [5.41, 5.74) is -2.50. The molecule has 0 saturated heterocycles. The molecule has 0 radical (unpaired) electrons. The highest BCUT2D eigenvalue weighted by atomic mass is 32.2. The van der Waals surface area contributed by atoms with Gasteiger partial charge in [-0.1, -0.05) is 0 Å². The summed E-state index contributed by atoms with van der Waals surface area (Å²) in [5, 5.41) is 0. The predicted molar refractivity (Wildman–Crippen MR) is 64.8 cm³/mol. The van der Waals surface area contributed by atoms with E-state index in [0.29, 0.717) is 12.0 Å². The Kier molecular flexibility index (Phi) is 4.04. The van der Waals surface area contributed by atoms with Gasteiger partial charge in [0.15, 0.2) is 5.78 Å². The highest BCUT2D eigenvalue weighted by Crippen LogP contribution is 2.30. The third-order valence-corrected chi connectivity index (χ3v) is 3.69. The van der Waals surface area contributed by atoms with E-state index in [2.05, 4.69) is 0 Å². The molecular weight excluding hydrogens is 263 g/mol. The monoisotopic (exact) mass is 277 g/mol. The normalized spacial score (nSPS) is 16.5. The lowest BCUT2D eigenvalue weighted by Crippen LogP contribution is -2.06. The molecule has 1 heterocycles. The minimum Gasteiger partial charge on any atom is -0.352 e. The van der Waals surface area contributed by atoms with Crippen LogP contribution in [-0.4, -0.2) is 21.6 Å². The second-order valence-corrected chi connectivity index (χ2v) is 5.52. The van der Waals surface area contributed by atoms with Crippen LogP contribution in [0.1, 0.15) is 35.2 Å². The molecule has 0 unspecified atom stereocenters. The molecule has 0 spiro atoms. The van der Waals surface area contributed by atoms with E-state index in [0.717, 1.165) is 24.8 Å². The quantitative estimate of drug-likeness (QED) is 0.787. The number of carbonyl (C=O) groups excluding carboxylic acids is 1. The highest BCUT2D eigenvalue weighted by Gasteiger charge is 2.27. The lowest BCUT2D eigenvalue weighted by Gasteiger charge is -2.06. The van der Waals surface area contributed by atoms with Crippen molar-refractivity contribution in [2.45, 2.75) is 37.7 Å². The lowest BCUT2D eigenvalue weighted by atomic mass is 10.1. The van der Waals surface area contributed by atoms with Crippen LogP contribution in [0.2, 0.25) is 0 Å². The van der Waals surface area contributed by atoms with Crippen molar-refractivity contribution in [1.29, 1.82) is 0 Å². The summed E-state index contributed by atoms with van der Waals surface area (Å²) in [6, 6.07) is 0. The Labute approximate surface area is 108 Å². The van der Waals surface area contributed by atoms with Gasteiger partial charge in [0, 0.05) is 36.7 Å². The van der Waals surface area contributed by atoms with Crippen LogP contribution < -0.4 is 0 Å². The van der Waals surface area contributed by atoms with Gasteiger partial charge in [0.1, 0.15) is 0 Å². The second kappa shape index (κ2) is 5.38. The van der Waals surface area contributed by atoms with E-state index in [-0.39, 0.29) is 29.8 Å². The number of Topliss-reactive ketones (excluding diaryl/α,β-unsaturated/α-hetero) is 1. The van der Waals surface area contributed by atoms with E-state index in [4.69, 9.17) is 0 Å². The van der Waals surface area contributed by atoms with Crippen LogP contribution >= 0.6 is 11.8 Å². The van der Waals surface area contributed by atoms with E-state index in [9.17, 15) is 18.0 Å². The van der Waals surface area contributed by atoms with E-state index in [1.165, 1.54) is 0 Å². The van der Waals surface area contributed by atoms with Crippen LogP contribution in [0.5, 0.6) is 0 Å². The third-order valence-electron chi connectivity index (χ3n) is 2.98. The largest absolute Gasteiger partial charge is 0.441 e. The van der Waals surface area contributed by atoms with Crippen molar-refractivity contribution in [2.75, 3.05) is 5.75 Å². The summed E-state index contributed by atoms with van der Waals surface area (Å²) in [6.45, 7) is 0.282. The maximum atomic E-state index is 12.0. The third kappa shape index (κ3) is 3.54. The van der Waals surface area contributed by atoms with Gasteiger partial charge in [-0.15, -0.1) is 0 Å². The average molecular weight is 277 g/mol. The number of hydrogen-bond acceptors (Lipinski definition) is 2. The Morgan fingerprint density at radius 2 is 1.94 bits per heavy atom. The molecule has 1 aliphatic rings. The first-order valence-corrected chi connectivity index (χ1v) is 6.87.